The fourth-order valence-corrected chi connectivity index (χ4v) is 528. The Morgan fingerprint density at radius 3 is 1.11 bits per heavy atom. The van der Waals surface area contributed by atoms with E-state index in [0.29, 0.717) is 0 Å². The molecule has 0 radical (unpaired) electrons. The van der Waals surface area contributed by atoms with Crippen LogP contribution in [0, 0.1) is 6.92 Å². The van der Waals surface area contributed by atoms with Crippen LogP contribution >= 0.6 is 0 Å². The Labute approximate surface area is 226 Å². The van der Waals surface area contributed by atoms with Gasteiger partial charge in [0.1, 0.15) is 12.0 Å². The summed E-state index contributed by atoms with van der Waals surface area (Å²) in [5, 5.41) is 0.750. The molecule has 1 aliphatic rings. The van der Waals surface area contributed by atoms with Crippen LogP contribution in [0.1, 0.15) is 15.9 Å². The summed E-state index contributed by atoms with van der Waals surface area (Å²) in [5.41, 5.74) is 2.37. The van der Waals surface area contributed by atoms with Crippen molar-refractivity contribution >= 4 is 69.4 Å². The monoisotopic (exact) mass is 626 g/mol. The fourth-order valence-electron chi connectivity index (χ4n) is 12.0. The lowest BCUT2D eigenvalue weighted by molar-refractivity contribution is 0.107. The zero-order valence-electron chi connectivity index (χ0n) is 26.7. The van der Waals surface area contributed by atoms with Gasteiger partial charge in [-0.3, -0.25) is 0 Å². The molecule has 0 atom stereocenters. The minimum Gasteiger partial charge on any atom is -0.301 e. The summed E-state index contributed by atoms with van der Waals surface area (Å²) in [6.45, 7) is 48.0. The van der Waals surface area contributed by atoms with Crippen molar-refractivity contribution in [2.75, 3.05) is 0 Å². The summed E-state index contributed by atoms with van der Waals surface area (Å²) in [6, 6.07) is 8.86. The molecular weight excluding hydrogens is 569 g/mol. The number of benzene rings is 1. The molecule has 1 aromatic rings. The lowest BCUT2D eigenvalue weighted by Crippen LogP contribution is -3.13. The SMILES string of the molecule is Cc1ccc(C(=O)[Si]2([Si](C)(C)C)[Si](C)(C)[Si](C)(C)[Si]([Si](C)(C)C)([Si](C)(C)C)[Si](C)(C)[Si]2(C)C)cc1. The van der Waals surface area contributed by atoms with Crippen LogP contribution in [0.4, 0.5) is 0 Å². The van der Waals surface area contributed by atoms with Crippen molar-refractivity contribution in [2.45, 2.75) is 118 Å². The normalized spacial score (nSPS) is 24.6. The topological polar surface area (TPSA) is 17.1 Å². The highest BCUT2D eigenvalue weighted by Crippen LogP contribution is 2.59. The zero-order chi connectivity index (χ0) is 28.1. The van der Waals surface area contributed by atoms with Gasteiger partial charge in [-0.05, 0) is 6.92 Å². The highest BCUT2D eigenvalue weighted by atomic mass is 30.4. The Balaban J connectivity index is 3.27. The number of hydrogen-bond acceptors (Lipinski definition) is 1. The van der Waals surface area contributed by atoms with Crippen molar-refractivity contribution in [1.29, 1.82) is 0 Å². The first-order chi connectivity index (χ1) is 15.2. The molecule has 0 saturated carbocycles. The van der Waals surface area contributed by atoms with Crippen LogP contribution in [0.3, 0.4) is 0 Å². The molecule has 2 rings (SSSR count). The summed E-state index contributed by atoms with van der Waals surface area (Å²) < 4.78 is 0. The van der Waals surface area contributed by atoms with E-state index in [2.05, 4.69) is 142 Å². The average molecular weight is 628 g/mol. The summed E-state index contributed by atoms with van der Waals surface area (Å²) >= 11 is 0. The van der Waals surface area contributed by atoms with Gasteiger partial charge in [-0.1, -0.05) is 141 Å². The molecule has 0 bridgehead atoms. The predicted molar refractivity (Wildman–Crippen MR) is 187 cm³/mol. The molecule has 0 N–H and O–H groups in total. The molecule has 1 nitrogen and oxygen atoms in total. The molecule has 200 valence electrons. The number of rotatable bonds is 5. The number of hydrogen-bond donors (Lipinski definition) is 0. The molecule has 1 aromatic carbocycles. The van der Waals surface area contributed by atoms with Crippen molar-refractivity contribution in [2.24, 2.45) is 0 Å². The smallest absolute Gasteiger partial charge is 0.132 e. The summed E-state index contributed by atoms with van der Waals surface area (Å²) in [7, 11) is -11.6. The van der Waals surface area contributed by atoms with Gasteiger partial charge >= 0.3 is 0 Å². The number of aryl methyl sites for hydroxylation is 1. The molecule has 0 aromatic heterocycles. The van der Waals surface area contributed by atoms with E-state index < -0.39 is 64.0 Å². The van der Waals surface area contributed by atoms with Crippen LogP contribution in [-0.2, 0) is 0 Å². The highest BCUT2D eigenvalue weighted by molar-refractivity contribution is 8.33. The lowest BCUT2D eigenvalue weighted by atomic mass is 10.2. The van der Waals surface area contributed by atoms with Crippen LogP contribution in [-0.4, -0.2) is 69.4 Å². The van der Waals surface area contributed by atoms with Crippen LogP contribution in [0.15, 0.2) is 24.3 Å². The highest BCUT2D eigenvalue weighted by Gasteiger charge is 2.88. The van der Waals surface area contributed by atoms with Crippen molar-refractivity contribution in [3.05, 3.63) is 35.4 Å². The zero-order valence-corrected chi connectivity index (χ0v) is 35.7. The maximum absolute atomic E-state index is 15.4. The standard InChI is InChI=1S/C25H58OSi9/c1-23-19-21-24(22-20-23)25(26)34(27(2,3)4)30(11,12)32(15,16)35(28(5,6)7,29(8,9)10)33(17,18)31(34,13)14/h19-22H,1-18H3. The maximum atomic E-state index is 15.4. The molecule has 0 unspecified atom stereocenters. The van der Waals surface area contributed by atoms with Gasteiger partial charge in [0.05, 0.1) is 0 Å². The summed E-state index contributed by atoms with van der Waals surface area (Å²) in [5.74, 6) is 0. The summed E-state index contributed by atoms with van der Waals surface area (Å²) in [4.78, 5) is 15.4. The number of carbonyl (C=O) groups is 1. The first kappa shape index (κ1) is 32.1. The van der Waals surface area contributed by atoms with Gasteiger partial charge in [0.2, 0.25) is 0 Å². The third-order valence-corrected chi connectivity index (χ3v) is 270. The Morgan fingerprint density at radius 1 is 0.543 bits per heavy atom. The molecular formula is C25H58OSi9. The van der Waals surface area contributed by atoms with Crippen molar-refractivity contribution in [3.63, 3.8) is 0 Å². The Morgan fingerprint density at radius 2 is 0.857 bits per heavy atom. The molecule has 1 heterocycles. The minimum absolute atomic E-state index is 0.750. The second-order valence-electron chi connectivity index (χ2n) is 16.9. The van der Waals surface area contributed by atoms with Crippen molar-refractivity contribution in [3.8, 4) is 0 Å². The van der Waals surface area contributed by atoms with E-state index in [0.717, 1.165) is 11.0 Å². The van der Waals surface area contributed by atoms with Gasteiger partial charge in [0.15, 0.2) is 0 Å². The molecule has 10 heteroatoms. The average Bonchev–Trinajstić information content (AvgIpc) is 2.56. The maximum Gasteiger partial charge on any atom is 0.132 e. The molecule has 1 fully saturated rings. The van der Waals surface area contributed by atoms with Crippen LogP contribution in [0.5, 0.6) is 0 Å². The van der Waals surface area contributed by atoms with E-state index in [4.69, 9.17) is 0 Å². The molecule has 0 spiro atoms. The summed E-state index contributed by atoms with van der Waals surface area (Å²) in [6.07, 6.45) is -1.55. The molecule has 0 aliphatic carbocycles. The Kier molecular flexibility index (Phi) is 7.94. The van der Waals surface area contributed by atoms with Crippen LogP contribution in [0.2, 0.25) is 111 Å². The van der Waals surface area contributed by atoms with E-state index in [1.165, 1.54) is 5.56 Å². The van der Waals surface area contributed by atoms with Gasteiger partial charge in [-0.2, -0.15) is 0 Å². The third kappa shape index (κ3) is 3.62. The third-order valence-electron chi connectivity index (χ3n) is 11.9. The first-order valence-electron chi connectivity index (χ1n) is 13.8. The van der Waals surface area contributed by atoms with E-state index in [-0.39, 0.29) is 0 Å². The predicted octanol–water partition coefficient (Wildman–Crippen LogP) is 8.18. The first-order valence-corrected chi connectivity index (χ1v) is 49.3. The second kappa shape index (κ2) is 8.67. The lowest BCUT2D eigenvalue weighted by Gasteiger charge is -2.81. The van der Waals surface area contributed by atoms with Crippen LogP contribution in [0.25, 0.3) is 0 Å². The quantitative estimate of drug-likeness (QED) is 0.301. The Bertz CT molecular complexity index is 944. The van der Waals surface area contributed by atoms with Gasteiger partial charge in [-0.25, -0.2) is 0 Å². The fraction of sp³-hybridized carbons (Fsp3) is 0.720. The molecule has 35 heavy (non-hydrogen) atoms. The van der Waals surface area contributed by atoms with Crippen molar-refractivity contribution in [1.82, 2.24) is 0 Å². The minimum atomic E-state index is -2.24. The van der Waals surface area contributed by atoms with E-state index >= 15 is 4.79 Å². The van der Waals surface area contributed by atoms with E-state index in [9.17, 15) is 0 Å². The molecule has 1 aliphatic heterocycles. The molecule has 0 amide bonds. The van der Waals surface area contributed by atoms with E-state index in [1.54, 1.807) is 0 Å². The number of carbonyl (C=O) groups excluding carboxylic acids is 1. The van der Waals surface area contributed by atoms with Gasteiger partial charge in [0.25, 0.3) is 0 Å². The van der Waals surface area contributed by atoms with E-state index in [1.807, 2.05) is 0 Å². The molecule has 1 saturated heterocycles. The Hall–Kier alpha value is 0.842. The van der Waals surface area contributed by atoms with Crippen molar-refractivity contribution < 1.29 is 4.79 Å². The van der Waals surface area contributed by atoms with Gasteiger partial charge in [-0.15, -0.1) is 0 Å². The largest absolute Gasteiger partial charge is 0.301 e. The van der Waals surface area contributed by atoms with Gasteiger partial charge in [0, 0.05) is 62.9 Å². The van der Waals surface area contributed by atoms with Crippen LogP contribution < -0.4 is 0 Å². The van der Waals surface area contributed by atoms with Gasteiger partial charge < -0.3 is 4.79 Å². The second-order valence-corrected chi connectivity index (χ2v) is 126.